The van der Waals surface area contributed by atoms with Crippen molar-refractivity contribution in [2.24, 2.45) is 5.92 Å². The Morgan fingerprint density at radius 1 is 1.43 bits per heavy atom. The van der Waals surface area contributed by atoms with Crippen LogP contribution in [0.2, 0.25) is 0 Å². The second kappa shape index (κ2) is 6.61. The molecule has 0 aliphatic heterocycles. The van der Waals surface area contributed by atoms with E-state index in [0.717, 1.165) is 0 Å². The number of methoxy groups -OCH3 is 1. The molecule has 0 fully saturated rings. The molecule has 0 unspecified atom stereocenters. The van der Waals surface area contributed by atoms with Gasteiger partial charge in [-0.2, -0.15) is 4.31 Å². The van der Waals surface area contributed by atoms with E-state index in [4.69, 9.17) is 16.3 Å². The third kappa shape index (κ3) is 5.14. The fraction of sp³-hybridized carbons (Fsp3) is 1.00. The molecular formula is C8H18ClNO3S. The van der Waals surface area contributed by atoms with Crippen LogP contribution in [-0.2, 0) is 14.8 Å². The summed E-state index contributed by atoms with van der Waals surface area (Å²) in [6.45, 7) is 5.16. The minimum atomic E-state index is -3.31. The normalized spacial score (nSPS) is 12.7. The fourth-order valence-corrected chi connectivity index (χ4v) is 2.44. The van der Waals surface area contributed by atoms with Crippen molar-refractivity contribution in [3.8, 4) is 0 Å². The standard InChI is InChI=1S/C8H18ClNO3S/c1-8(2)6-10(4-5-13-3)14(11,12)7-9/h8H,4-7H2,1-3H3. The van der Waals surface area contributed by atoms with Gasteiger partial charge >= 0.3 is 0 Å². The monoisotopic (exact) mass is 243 g/mol. The number of alkyl halides is 1. The summed E-state index contributed by atoms with van der Waals surface area (Å²) >= 11 is 5.38. The van der Waals surface area contributed by atoms with Crippen LogP contribution in [0.25, 0.3) is 0 Å². The third-order valence-corrected chi connectivity index (χ3v) is 3.87. The lowest BCUT2D eigenvalue weighted by molar-refractivity contribution is 0.175. The highest BCUT2D eigenvalue weighted by atomic mass is 35.5. The fourth-order valence-electron chi connectivity index (χ4n) is 1.01. The molecule has 0 aliphatic carbocycles. The van der Waals surface area contributed by atoms with Gasteiger partial charge in [0.05, 0.1) is 6.61 Å². The van der Waals surface area contributed by atoms with Gasteiger partial charge in [-0.3, -0.25) is 0 Å². The summed E-state index contributed by atoms with van der Waals surface area (Å²) in [5.41, 5.74) is 0. The quantitative estimate of drug-likeness (QED) is 0.630. The van der Waals surface area contributed by atoms with E-state index >= 15 is 0 Å². The Hall–Kier alpha value is 0.160. The molecule has 86 valence electrons. The van der Waals surface area contributed by atoms with Gasteiger partial charge in [-0.15, -0.1) is 11.6 Å². The van der Waals surface area contributed by atoms with Crippen LogP contribution in [0.3, 0.4) is 0 Å². The second-order valence-electron chi connectivity index (χ2n) is 3.47. The Labute approximate surface area is 91.2 Å². The first-order chi connectivity index (χ1) is 6.44. The maximum Gasteiger partial charge on any atom is 0.228 e. The van der Waals surface area contributed by atoms with Crippen molar-refractivity contribution < 1.29 is 13.2 Å². The maximum atomic E-state index is 11.5. The number of ether oxygens (including phenoxy) is 1. The lowest BCUT2D eigenvalue weighted by Gasteiger charge is -2.22. The second-order valence-corrected chi connectivity index (χ2v) is 6.02. The van der Waals surface area contributed by atoms with E-state index < -0.39 is 10.0 Å². The van der Waals surface area contributed by atoms with Crippen molar-refractivity contribution >= 4 is 21.6 Å². The zero-order chi connectivity index (χ0) is 11.2. The van der Waals surface area contributed by atoms with Gasteiger partial charge < -0.3 is 4.74 Å². The summed E-state index contributed by atoms with van der Waals surface area (Å²) in [5.74, 6) is 0.282. The Morgan fingerprint density at radius 3 is 2.36 bits per heavy atom. The van der Waals surface area contributed by atoms with Crippen molar-refractivity contribution in [2.75, 3.05) is 32.0 Å². The summed E-state index contributed by atoms with van der Waals surface area (Å²) in [4.78, 5) is 0. The van der Waals surface area contributed by atoms with Gasteiger partial charge in [0.2, 0.25) is 10.0 Å². The summed E-state index contributed by atoms with van der Waals surface area (Å²) in [7, 11) is -1.77. The van der Waals surface area contributed by atoms with Gasteiger partial charge in [0.15, 0.2) is 0 Å². The van der Waals surface area contributed by atoms with E-state index in [1.54, 1.807) is 7.11 Å². The van der Waals surface area contributed by atoms with Crippen LogP contribution < -0.4 is 0 Å². The Bertz CT molecular complexity index is 241. The molecule has 0 N–H and O–H groups in total. The molecule has 0 amide bonds. The molecule has 4 nitrogen and oxygen atoms in total. The van der Waals surface area contributed by atoms with Crippen molar-refractivity contribution in [3.63, 3.8) is 0 Å². The molecule has 0 saturated carbocycles. The molecule has 0 aliphatic rings. The molecule has 0 aromatic heterocycles. The van der Waals surface area contributed by atoms with Crippen LogP contribution in [0.4, 0.5) is 0 Å². The predicted octanol–water partition coefficient (Wildman–Crippen LogP) is 1.12. The molecular weight excluding hydrogens is 226 g/mol. The van der Waals surface area contributed by atoms with Crippen molar-refractivity contribution in [2.45, 2.75) is 13.8 Å². The predicted molar refractivity (Wildman–Crippen MR) is 57.9 cm³/mol. The van der Waals surface area contributed by atoms with Crippen LogP contribution in [0.1, 0.15) is 13.8 Å². The van der Waals surface area contributed by atoms with E-state index in [0.29, 0.717) is 19.7 Å². The molecule has 0 spiro atoms. The molecule has 6 heteroatoms. The van der Waals surface area contributed by atoms with E-state index in [2.05, 4.69) is 0 Å². The number of sulfonamides is 1. The highest BCUT2D eigenvalue weighted by molar-refractivity contribution is 7.90. The van der Waals surface area contributed by atoms with Gasteiger partial charge in [0.1, 0.15) is 5.21 Å². The molecule has 0 rings (SSSR count). The molecule has 0 aromatic carbocycles. The minimum Gasteiger partial charge on any atom is -0.383 e. The van der Waals surface area contributed by atoms with Gasteiger partial charge in [0.25, 0.3) is 0 Å². The van der Waals surface area contributed by atoms with Crippen LogP contribution in [0.5, 0.6) is 0 Å². The number of nitrogens with zero attached hydrogens (tertiary/aromatic N) is 1. The zero-order valence-corrected chi connectivity index (χ0v) is 10.4. The van der Waals surface area contributed by atoms with E-state index in [-0.39, 0.29) is 11.1 Å². The van der Waals surface area contributed by atoms with Crippen LogP contribution in [0, 0.1) is 5.92 Å². The SMILES string of the molecule is COCCN(CC(C)C)S(=O)(=O)CCl. The highest BCUT2D eigenvalue weighted by Gasteiger charge is 2.21. The van der Waals surface area contributed by atoms with Crippen LogP contribution in [-0.4, -0.2) is 44.7 Å². The minimum absolute atomic E-state index is 0.282. The van der Waals surface area contributed by atoms with Crippen molar-refractivity contribution in [1.82, 2.24) is 4.31 Å². The summed E-state index contributed by atoms with van der Waals surface area (Å²) in [5, 5.41) is -0.372. The summed E-state index contributed by atoms with van der Waals surface area (Å²) < 4.78 is 29.2. The highest BCUT2D eigenvalue weighted by Crippen LogP contribution is 2.07. The summed E-state index contributed by atoms with van der Waals surface area (Å²) in [6, 6.07) is 0. The first kappa shape index (κ1) is 14.2. The smallest absolute Gasteiger partial charge is 0.228 e. The first-order valence-electron chi connectivity index (χ1n) is 4.46. The Kier molecular flexibility index (Phi) is 6.68. The topological polar surface area (TPSA) is 46.6 Å². The van der Waals surface area contributed by atoms with E-state index in [1.165, 1.54) is 4.31 Å². The van der Waals surface area contributed by atoms with Gasteiger partial charge in [0, 0.05) is 20.2 Å². The van der Waals surface area contributed by atoms with E-state index in [1.807, 2.05) is 13.8 Å². The van der Waals surface area contributed by atoms with Crippen LogP contribution in [0.15, 0.2) is 0 Å². The zero-order valence-electron chi connectivity index (χ0n) is 8.86. The number of hydrogen-bond donors (Lipinski definition) is 0. The largest absolute Gasteiger partial charge is 0.383 e. The average Bonchev–Trinajstić information content (AvgIpc) is 2.11. The molecule has 0 heterocycles. The lowest BCUT2D eigenvalue weighted by atomic mass is 10.2. The molecule has 0 bridgehead atoms. The molecule has 0 saturated heterocycles. The summed E-state index contributed by atoms with van der Waals surface area (Å²) in [6.07, 6.45) is 0. The molecule has 0 aromatic rings. The van der Waals surface area contributed by atoms with Crippen molar-refractivity contribution in [1.29, 1.82) is 0 Å². The molecule has 14 heavy (non-hydrogen) atoms. The third-order valence-electron chi connectivity index (χ3n) is 1.64. The van der Waals surface area contributed by atoms with Gasteiger partial charge in [-0.05, 0) is 5.92 Å². The Balaban J connectivity index is 4.39. The molecule has 0 atom stereocenters. The van der Waals surface area contributed by atoms with Crippen molar-refractivity contribution in [3.05, 3.63) is 0 Å². The van der Waals surface area contributed by atoms with Gasteiger partial charge in [-0.25, -0.2) is 8.42 Å². The van der Waals surface area contributed by atoms with Gasteiger partial charge in [-0.1, -0.05) is 13.8 Å². The lowest BCUT2D eigenvalue weighted by Crippen LogP contribution is -2.37. The molecule has 0 radical (unpaired) electrons. The maximum absolute atomic E-state index is 11.5. The Morgan fingerprint density at radius 2 is 2.00 bits per heavy atom. The first-order valence-corrected chi connectivity index (χ1v) is 6.61. The number of rotatable bonds is 7. The average molecular weight is 244 g/mol. The number of halogens is 1. The van der Waals surface area contributed by atoms with Crippen LogP contribution >= 0.6 is 11.6 Å². The van der Waals surface area contributed by atoms with E-state index in [9.17, 15) is 8.42 Å². The number of hydrogen-bond acceptors (Lipinski definition) is 3.